The summed E-state index contributed by atoms with van der Waals surface area (Å²) >= 11 is 11.5. The maximum absolute atomic E-state index is 11.8. The van der Waals surface area contributed by atoms with Crippen molar-refractivity contribution in [3.63, 3.8) is 0 Å². The fourth-order valence-corrected chi connectivity index (χ4v) is 1.41. The monoisotopic (exact) mass is 246 g/mol. The highest BCUT2D eigenvalue weighted by Gasteiger charge is 2.29. The second-order valence-corrected chi connectivity index (χ2v) is 4.40. The SMILES string of the molecule is CCC(C)(O)C(=O)c1ccc(Cl)c(Cl)c1. The van der Waals surface area contributed by atoms with E-state index in [1.54, 1.807) is 19.1 Å². The topological polar surface area (TPSA) is 37.3 Å². The van der Waals surface area contributed by atoms with E-state index in [-0.39, 0.29) is 5.78 Å². The van der Waals surface area contributed by atoms with E-state index in [1.807, 2.05) is 0 Å². The normalized spacial score (nSPS) is 14.7. The van der Waals surface area contributed by atoms with Crippen molar-refractivity contribution in [2.24, 2.45) is 0 Å². The van der Waals surface area contributed by atoms with Crippen LogP contribution < -0.4 is 0 Å². The Bertz CT molecular complexity index is 386. The van der Waals surface area contributed by atoms with E-state index < -0.39 is 5.60 Å². The van der Waals surface area contributed by atoms with Crippen LogP contribution in [0.3, 0.4) is 0 Å². The predicted molar refractivity (Wildman–Crippen MR) is 61.7 cm³/mol. The van der Waals surface area contributed by atoms with Crippen molar-refractivity contribution >= 4 is 29.0 Å². The molecule has 0 amide bonds. The third-order valence-electron chi connectivity index (χ3n) is 2.36. The van der Waals surface area contributed by atoms with E-state index in [4.69, 9.17) is 23.2 Å². The second-order valence-electron chi connectivity index (χ2n) is 3.59. The first-order valence-electron chi connectivity index (χ1n) is 4.60. The Balaban J connectivity index is 3.08. The Morgan fingerprint density at radius 1 is 1.40 bits per heavy atom. The zero-order valence-electron chi connectivity index (χ0n) is 8.55. The molecule has 0 spiro atoms. The zero-order chi connectivity index (χ0) is 11.6. The number of benzene rings is 1. The number of Topliss-reactive ketones (excluding diaryl/α,β-unsaturated/α-hetero) is 1. The average molecular weight is 247 g/mol. The van der Waals surface area contributed by atoms with Gasteiger partial charge in [0.1, 0.15) is 5.60 Å². The smallest absolute Gasteiger partial charge is 0.194 e. The summed E-state index contributed by atoms with van der Waals surface area (Å²) in [7, 11) is 0. The number of ketones is 1. The summed E-state index contributed by atoms with van der Waals surface area (Å²) in [6, 6.07) is 4.57. The molecule has 82 valence electrons. The molecule has 0 radical (unpaired) electrons. The van der Waals surface area contributed by atoms with Gasteiger partial charge in [-0.1, -0.05) is 30.1 Å². The van der Waals surface area contributed by atoms with Gasteiger partial charge in [0.25, 0.3) is 0 Å². The average Bonchev–Trinajstić information content (AvgIpc) is 2.21. The van der Waals surface area contributed by atoms with Gasteiger partial charge in [-0.3, -0.25) is 4.79 Å². The van der Waals surface area contributed by atoms with Gasteiger partial charge in [0, 0.05) is 5.56 Å². The largest absolute Gasteiger partial charge is 0.382 e. The Morgan fingerprint density at radius 3 is 2.47 bits per heavy atom. The molecule has 0 aliphatic heterocycles. The van der Waals surface area contributed by atoms with Crippen molar-refractivity contribution in [2.75, 3.05) is 0 Å². The molecule has 1 rings (SSSR count). The Labute approximate surface area is 98.8 Å². The summed E-state index contributed by atoms with van der Waals surface area (Å²) in [5.41, 5.74) is -0.979. The molecule has 1 atom stereocenters. The number of carbonyl (C=O) groups excluding carboxylic acids is 1. The van der Waals surface area contributed by atoms with E-state index in [0.717, 1.165) is 0 Å². The molecule has 15 heavy (non-hydrogen) atoms. The van der Waals surface area contributed by atoms with Gasteiger partial charge in [0.05, 0.1) is 10.0 Å². The van der Waals surface area contributed by atoms with Crippen molar-refractivity contribution < 1.29 is 9.90 Å². The van der Waals surface area contributed by atoms with Crippen molar-refractivity contribution in [2.45, 2.75) is 25.9 Å². The lowest BCUT2D eigenvalue weighted by atomic mass is 9.92. The first kappa shape index (κ1) is 12.5. The van der Waals surface area contributed by atoms with Gasteiger partial charge in [-0.25, -0.2) is 0 Å². The minimum Gasteiger partial charge on any atom is -0.382 e. The summed E-state index contributed by atoms with van der Waals surface area (Å²) < 4.78 is 0. The third kappa shape index (κ3) is 2.71. The Kier molecular flexibility index (Phi) is 3.77. The minimum absolute atomic E-state index is 0.314. The number of hydrogen-bond acceptors (Lipinski definition) is 2. The number of halogens is 2. The van der Waals surface area contributed by atoms with E-state index >= 15 is 0 Å². The lowest BCUT2D eigenvalue weighted by Gasteiger charge is -2.19. The molecule has 0 aromatic heterocycles. The standard InChI is InChI=1S/C11H12Cl2O2/c1-3-11(2,15)10(14)7-4-5-8(12)9(13)6-7/h4-6,15H,3H2,1-2H3. The molecule has 1 aromatic carbocycles. The van der Waals surface area contributed by atoms with Crippen LogP contribution in [0.5, 0.6) is 0 Å². The molecule has 0 fully saturated rings. The van der Waals surface area contributed by atoms with Crippen molar-refractivity contribution in [1.29, 1.82) is 0 Å². The molecule has 1 aromatic rings. The summed E-state index contributed by atoms with van der Waals surface area (Å²) in [5, 5.41) is 10.5. The summed E-state index contributed by atoms with van der Waals surface area (Å²) in [5.74, 6) is -0.344. The molecular weight excluding hydrogens is 235 g/mol. The quantitative estimate of drug-likeness (QED) is 0.831. The van der Waals surface area contributed by atoms with Crippen LogP contribution in [0.2, 0.25) is 10.0 Å². The highest BCUT2D eigenvalue weighted by molar-refractivity contribution is 6.42. The van der Waals surface area contributed by atoms with Crippen LogP contribution in [0.1, 0.15) is 30.6 Å². The maximum Gasteiger partial charge on any atom is 0.194 e. The molecule has 4 heteroatoms. The second kappa shape index (κ2) is 4.52. The molecule has 0 bridgehead atoms. The van der Waals surface area contributed by atoms with Crippen molar-refractivity contribution in [3.8, 4) is 0 Å². The van der Waals surface area contributed by atoms with Crippen LogP contribution >= 0.6 is 23.2 Å². The van der Waals surface area contributed by atoms with Gasteiger partial charge in [0.2, 0.25) is 0 Å². The van der Waals surface area contributed by atoms with Crippen LogP contribution in [-0.2, 0) is 0 Å². The van der Waals surface area contributed by atoms with Gasteiger partial charge in [-0.15, -0.1) is 0 Å². The van der Waals surface area contributed by atoms with Crippen LogP contribution in [0.4, 0.5) is 0 Å². The highest BCUT2D eigenvalue weighted by atomic mass is 35.5. The van der Waals surface area contributed by atoms with E-state index in [9.17, 15) is 9.90 Å². The number of hydrogen-bond donors (Lipinski definition) is 1. The molecular formula is C11H12Cl2O2. The third-order valence-corrected chi connectivity index (χ3v) is 3.10. The lowest BCUT2D eigenvalue weighted by molar-refractivity contribution is 0.0390. The summed E-state index contributed by atoms with van der Waals surface area (Å²) in [6.07, 6.45) is 0.353. The van der Waals surface area contributed by atoms with Crippen molar-refractivity contribution in [1.82, 2.24) is 0 Å². The van der Waals surface area contributed by atoms with Gasteiger partial charge in [0.15, 0.2) is 5.78 Å². The maximum atomic E-state index is 11.8. The van der Waals surface area contributed by atoms with Crippen LogP contribution in [0, 0.1) is 0 Å². The van der Waals surface area contributed by atoms with Gasteiger partial charge in [-0.05, 0) is 31.5 Å². The molecule has 2 nitrogen and oxygen atoms in total. The lowest BCUT2D eigenvalue weighted by Crippen LogP contribution is -2.34. The Morgan fingerprint density at radius 2 is 2.00 bits per heavy atom. The summed E-state index contributed by atoms with van der Waals surface area (Å²) in [6.45, 7) is 3.23. The molecule has 0 aliphatic rings. The highest BCUT2D eigenvalue weighted by Crippen LogP contribution is 2.25. The zero-order valence-corrected chi connectivity index (χ0v) is 10.1. The fourth-order valence-electron chi connectivity index (χ4n) is 1.11. The van der Waals surface area contributed by atoms with Gasteiger partial charge in [-0.2, -0.15) is 0 Å². The van der Waals surface area contributed by atoms with E-state index in [1.165, 1.54) is 13.0 Å². The van der Waals surface area contributed by atoms with Crippen LogP contribution in [0.15, 0.2) is 18.2 Å². The first-order valence-corrected chi connectivity index (χ1v) is 5.36. The van der Waals surface area contributed by atoms with E-state index in [2.05, 4.69) is 0 Å². The van der Waals surface area contributed by atoms with Crippen LogP contribution in [0.25, 0.3) is 0 Å². The molecule has 0 heterocycles. The van der Waals surface area contributed by atoms with Crippen LogP contribution in [-0.4, -0.2) is 16.5 Å². The van der Waals surface area contributed by atoms with E-state index in [0.29, 0.717) is 22.0 Å². The molecule has 0 saturated carbocycles. The molecule has 0 saturated heterocycles. The fraction of sp³-hybridized carbons (Fsp3) is 0.364. The number of rotatable bonds is 3. The minimum atomic E-state index is -1.35. The molecule has 0 aliphatic carbocycles. The summed E-state index contributed by atoms with van der Waals surface area (Å²) in [4.78, 5) is 11.8. The molecule has 1 unspecified atom stereocenters. The Hall–Kier alpha value is -0.570. The van der Waals surface area contributed by atoms with Gasteiger partial charge < -0.3 is 5.11 Å². The predicted octanol–water partition coefficient (Wildman–Crippen LogP) is 3.34. The number of aliphatic hydroxyl groups is 1. The van der Waals surface area contributed by atoms with Crippen molar-refractivity contribution in [3.05, 3.63) is 33.8 Å². The van der Waals surface area contributed by atoms with Gasteiger partial charge >= 0.3 is 0 Å². The first-order chi connectivity index (χ1) is 6.88. The number of carbonyl (C=O) groups is 1. The molecule has 1 N–H and O–H groups in total.